The highest BCUT2D eigenvalue weighted by Gasteiger charge is 2.42. The van der Waals surface area contributed by atoms with E-state index in [1.54, 1.807) is 0 Å². The Balaban J connectivity index is 1.91. The van der Waals surface area contributed by atoms with Crippen molar-refractivity contribution in [2.75, 3.05) is 6.54 Å². The second kappa shape index (κ2) is 8.23. The van der Waals surface area contributed by atoms with Crippen molar-refractivity contribution in [1.29, 1.82) is 0 Å². The van der Waals surface area contributed by atoms with Crippen LogP contribution in [0.4, 0.5) is 0 Å². The number of carbonyl (C=O) groups excluding carboxylic acids is 1. The Morgan fingerprint density at radius 3 is 2.31 bits per heavy atom. The molecule has 0 aliphatic carbocycles. The van der Waals surface area contributed by atoms with E-state index in [1.807, 2.05) is 30.9 Å². The normalized spacial score (nSPS) is 16.1. The second-order valence-corrected chi connectivity index (χ2v) is 10.1. The van der Waals surface area contributed by atoms with Gasteiger partial charge in [0.2, 0.25) is 5.76 Å². The van der Waals surface area contributed by atoms with Crippen LogP contribution in [-0.4, -0.2) is 17.4 Å². The highest BCUT2D eigenvalue weighted by atomic mass is 16.3. The maximum Gasteiger partial charge on any atom is 0.290 e. The summed E-state index contributed by atoms with van der Waals surface area (Å²) in [7, 11) is 0. The molecule has 0 radical (unpaired) electrons. The summed E-state index contributed by atoms with van der Waals surface area (Å²) in [5.74, 6) is 0.0213. The summed E-state index contributed by atoms with van der Waals surface area (Å²) in [6, 6.07) is 11.8. The number of carbonyl (C=O) groups is 1. The van der Waals surface area contributed by atoms with Crippen LogP contribution >= 0.6 is 0 Å². The average Bonchev–Trinajstić information content (AvgIpc) is 2.99. The molecular formula is C28H33NO3. The Labute approximate surface area is 190 Å². The molecule has 0 fully saturated rings. The van der Waals surface area contributed by atoms with Gasteiger partial charge >= 0.3 is 0 Å². The fourth-order valence-electron chi connectivity index (χ4n) is 4.79. The molecule has 0 saturated carbocycles. The van der Waals surface area contributed by atoms with E-state index in [2.05, 4.69) is 52.0 Å². The smallest absolute Gasteiger partial charge is 0.290 e. The first-order valence-corrected chi connectivity index (χ1v) is 11.6. The fraction of sp³-hybridized carbons (Fsp3) is 0.429. The molecule has 4 heteroatoms. The predicted molar refractivity (Wildman–Crippen MR) is 130 cm³/mol. The number of nitrogens with zero attached hydrogens (tertiary/aromatic N) is 1. The zero-order chi connectivity index (χ0) is 23.2. The molecule has 2 heterocycles. The molecule has 0 saturated heterocycles. The Bertz CT molecular complexity index is 1230. The number of hydrogen-bond acceptors (Lipinski definition) is 3. The van der Waals surface area contributed by atoms with Crippen molar-refractivity contribution in [3.63, 3.8) is 0 Å². The van der Waals surface area contributed by atoms with Gasteiger partial charge in [-0.1, -0.05) is 70.9 Å². The maximum absolute atomic E-state index is 13.7. The van der Waals surface area contributed by atoms with Gasteiger partial charge in [0, 0.05) is 6.54 Å². The van der Waals surface area contributed by atoms with Crippen LogP contribution in [0.2, 0.25) is 0 Å². The van der Waals surface area contributed by atoms with Gasteiger partial charge in [0.05, 0.1) is 17.0 Å². The molecular weight excluding hydrogens is 398 g/mol. The molecule has 0 bridgehead atoms. The molecule has 0 spiro atoms. The summed E-state index contributed by atoms with van der Waals surface area (Å²) in [5, 5.41) is 0.578. The van der Waals surface area contributed by atoms with Crippen LogP contribution in [0.25, 0.3) is 11.0 Å². The number of amides is 1. The molecule has 4 rings (SSSR count). The lowest BCUT2D eigenvalue weighted by Gasteiger charge is -2.26. The van der Waals surface area contributed by atoms with Gasteiger partial charge in [-0.15, -0.1) is 0 Å². The third-order valence-corrected chi connectivity index (χ3v) is 6.51. The lowest BCUT2D eigenvalue weighted by Crippen LogP contribution is -2.30. The summed E-state index contributed by atoms with van der Waals surface area (Å²) in [6.45, 7) is 13.2. The molecule has 1 atom stereocenters. The molecule has 4 nitrogen and oxygen atoms in total. The molecule has 1 aliphatic heterocycles. The van der Waals surface area contributed by atoms with Crippen LogP contribution in [0.3, 0.4) is 0 Å². The van der Waals surface area contributed by atoms with Crippen LogP contribution in [-0.2, 0) is 5.41 Å². The van der Waals surface area contributed by atoms with E-state index in [9.17, 15) is 9.59 Å². The Hall–Kier alpha value is -2.88. The van der Waals surface area contributed by atoms with Gasteiger partial charge < -0.3 is 9.32 Å². The van der Waals surface area contributed by atoms with E-state index in [0.29, 0.717) is 23.1 Å². The van der Waals surface area contributed by atoms with Crippen LogP contribution in [0.15, 0.2) is 45.6 Å². The Morgan fingerprint density at radius 1 is 1.00 bits per heavy atom. The zero-order valence-electron chi connectivity index (χ0n) is 20.0. The minimum absolute atomic E-state index is 0.0347. The summed E-state index contributed by atoms with van der Waals surface area (Å²) in [4.78, 5) is 29.0. The first-order chi connectivity index (χ1) is 15.1. The van der Waals surface area contributed by atoms with E-state index in [1.165, 1.54) is 5.56 Å². The molecule has 1 aliphatic rings. The van der Waals surface area contributed by atoms with Crippen molar-refractivity contribution >= 4 is 16.9 Å². The van der Waals surface area contributed by atoms with Gasteiger partial charge in [0.25, 0.3) is 5.91 Å². The highest BCUT2D eigenvalue weighted by Crippen LogP contribution is 2.39. The van der Waals surface area contributed by atoms with E-state index >= 15 is 0 Å². The first kappa shape index (κ1) is 22.3. The monoisotopic (exact) mass is 431 g/mol. The van der Waals surface area contributed by atoms with Crippen molar-refractivity contribution in [3.05, 3.63) is 80.2 Å². The second-order valence-electron chi connectivity index (χ2n) is 10.1. The van der Waals surface area contributed by atoms with E-state index in [-0.39, 0.29) is 22.5 Å². The summed E-state index contributed by atoms with van der Waals surface area (Å²) < 4.78 is 6.13. The van der Waals surface area contributed by atoms with E-state index in [0.717, 1.165) is 36.0 Å². The quantitative estimate of drug-likeness (QED) is 0.437. The Kier molecular flexibility index (Phi) is 5.74. The maximum atomic E-state index is 13.7. The molecule has 2 aromatic carbocycles. The average molecular weight is 432 g/mol. The van der Waals surface area contributed by atoms with Gasteiger partial charge in [-0.2, -0.15) is 0 Å². The van der Waals surface area contributed by atoms with Crippen LogP contribution in [0.5, 0.6) is 0 Å². The largest absolute Gasteiger partial charge is 0.450 e. The lowest BCUT2D eigenvalue weighted by molar-refractivity contribution is 0.0724. The van der Waals surface area contributed by atoms with Crippen LogP contribution < -0.4 is 5.43 Å². The van der Waals surface area contributed by atoms with Gasteiger partial charge in [0.15, 0.2) is 5.43 Å². The number of benzene rings is 2. The van der Waals surface area contributed by atoms with Gasteiger partial charge in [-0.25, -0.2) is 0 Å². The topological polar surface area (TPSA) is 50.5 Å². The Morgan fingerprint density at radius 2 is 1.69 bits per heavy atom. The number of fused-ring (bicyclic) bond motifs is 2. The molecule has 0 N–H and O–H groups in total. The standard InChI is InChI=1S/C28H33NO3/c1-7-8-9-14-29-24(19-10-12-20(13-11-19)28(4,5)6)23-25(30)22-18(3)15-17(2)16-21(22)32-26(23)27(29)31/h10-13,15-16,24H,7-9,14H2,1-6H3. The number of unbranched alkanes of at least 4 members (excludes halogenated alkanes) is 2. The highest BCUT2D eigenvalue weighted by molar-refractivity contribution is 5.99. The lowest BCUT2D eigenvalue weighted by atomic mass is 9.85. The van der Waals surface area contributed by atoms with Crippen LogP contribution in [0, 0.1) is 13.8 Å². The third-order valence-electron chi connectivity index (χ3n) is 6.51. The SMILES string of the molecule is CCCCCN1C(=O)c2oc3cc(C)cc(C)c3c(=O)c2C1c1ccc(C(C)(C)C)cc1. The minimum atomic E-state index is -0.412. The number of hydrogen-bond donors (Lipinski definition) is 0. The van der Waals surface area contributed by atoms with E-state index < -0.39 is 6.04 Å². The van der Waals surface area contributed by atoms with Gasteiger partial charge in [-0.05, 0) is 54.0 Å². The minimum Gasteiger partial charge on any atom is -0.450 e. The summed E-state index contributed by atoms with van der Waals surface area (Å²) in [5.41, 5.74) is 5.00. The molecule has 1 amide bonds. The molecule has 32 heavy (non-hydrogen) atoms. The molecule has 1 unspecified atom stereocenters. The summed E-state index contributed by atoms with van der Waals surface area (Å²) >= 11 is 0. The van der Waals surface area contributed by atoms with Crippen LogP contribution in [0.1, 0.15) is 91.4 Å². The van der Waals surface area contributed by atoms with Gasteiger partial charge in [0.1, 0.15) is 5.58 Å². The van der Waals surface area contributed by atoms with E-state index in [4.69, 9.17) is 4.42 Å². The number of rotatable bonds is 5. The fourth-order valence-corrected chi connectivity index (χ4v) is 4.79. The van der Waals surface area contributed by atoms with Crippen molar-refractivity contribution < 1.29 is 9.21 Å². The zero-order valence-corrected chi connectivity index (χ0v) is 20.0. The number of aryl methyl sites for hydroxylation is 2. The summed E-state index contributed by atoms with van der Waals surface area (Å²) in [6.07, 6.45) is 3.01. The van der Waals surface area contributed by atoms with Crippen molar-refractivity contribution in [3.8, 4) is 0 Å². The first-order valence-electron chi connectivity index (χ1n) is 11.6. The van der Waals surface area contributed by atoms with Crippen molar-refractivity contribution in [1.82, 2.24) is 4.90 Å². The van der Waals surface area contributed by atoms with Gasteiger partial charge in [-0.3, -0.25) is 9.59 Å². The van der Waals surface area contributed by atoms with Crippen molar-refractivity contribution in [2.45, 2.75) is 72.3 Å². The molecule has 3 aromatic rings. The predicted octanol–water partition coefficient (Wildman–Crippen LogP) is 6.44. The molecule has 1 aromatic heterocycles. The molecule has 168 valence electrons. The third kappa shape index (κ3) is 3.76. The van der Waals surface area contributed by atoms with Crippen molar-refractivity contribution in [2.24, 2.45) is 0 Å².